The maximum Gasteiger partial charge on any atom is 0.191 e. The monoisotopic (exact) mass is 320 g/mol. The van der Waals surface area contributed by atoms with E-state index in [9.17, 15) is 0 Å². The zero-order valence-corrected chi connectivity index (χ0v) is 14.0. The van der Waals surface area contributed by atoms with Gasteiger partial charge < -0.3 is 20.1 Å². The number of guanidine groups is 1. The molecule has 1 fully saturated rings. The Morgan fingerprint density at radius 1 is 1.43 bits per heavy atom. The van der Waals surface area contributed by atoms with Crippen LogP contribution in [-0.2, 0) is 16.0 Å². The van der Waals surface area contributed by atoms with Gasteiger partial charge in [-0.1, -0.05) is 6.07 Å². The van der Waals surface area contributed by atoms with Gasteiger partial charge >= 0.3 is 0 Å². The molecule has 1 aliphatic heterocycles. The minimum Gasteiger partial charge on any atom is -0.381 e. The van der Waals surface area contributed by atoms with Crippen LogP contribution >= 0.6 is 0 Å². The summed E-state index contributed by atoms with van der Waals surface area (Å²) in [5.41, 5.74) is 0.965. The smallest absolute Gasteiger partial charge is 0.191 e. The lowest BCUT2D eigenvalue weighted by molar-refractivity contribution is 0.0888. The lowest BCUT2D eigenvalue weighted by Gasteiger charge is -2.12. The first kappa shape index (κ1) is 17.7. The SMILES string of the molecule is CCNC(=NCc1ccccn1)NCCCOCC1CCOC1. The fraction of sp³-hybridized carbons (Fsp3) is 0.647. The van der Waals surface area contributed by atoms with Crippen LogP contribution in [0.3, 0.4) is 0 Å². The molecule has 1 atom stereocenters. The van der Waals surface area contributed by atoms with Crippen LogP contribution in [0, 0.1) is 5.92 Å². The average molecular weight is 320 g/mol. The normalized spacial score (nSPS) is 18.1. The van der Waals surface area contributed by atoms with Crippen molar-refractivity contribution in [3.05, 3.63) is 30.1 Å². The summed E-state index contributed by atoms with van der Waals surface area (Å²) in [6.07, 6.45) is 3.88. The van der Waals surface area contributed by atoms with Crippen molar-refractivity contribution in [1.82, 2.24) is 15.6 Å². The second kappa shape index (κ2) is 11.0. The van der Waals surface area contributed by atoms with Crippen molar-refractivity contribution >= 4 is 5.96 Å². The fourth-order valence-electron chi connectivity index (χ4n) is 2.34. The van der Waals surface area contributed by atoms with Crippen LogP contribution < -0.4 is 10.6 Å². The van der Waals surface area contributed by atoms with E-state index in [2.05, 4.69) is 27.5 Å². The third-order valence-corrected chi connectivity index (χ3v) is 3.60. The molecule has 0 aromatic carbocycles. The molecule has 0 amide bonds. The summed E-state index contributed by atoms with van der Waals surface area (Å²) in [6, 6.07) is 5.87. The van der Waals surface area contributed by atoms with Gasteiger partial charge in [0.15, 0.2) is 5.96 Å². The van der Waals surface area contributed by atoms with Crippen molar-refractivity contribution in [3.8, 4) is 0 Å². The molecule has 1 saturated heterocycles. The number of aliphatic imine (C=N–C) groups is 1. The summed E-state index contributed by atoms with van der Waals surface area (Å²) in [5.74, 6) is 1.41. The summed E-state index contributed by atoms with van der Waals surface area (Å²) in [5, 5.41) is 6.57. The van der Waals surface area contributed by atoms with E-state index < -0.39 is 0 Å². The number of rotatable bonds is 9. The molecule has 0 bridgehead atoms. The molecule has 2 rings (SSSR count). The Kier molecular flexibility index (Phi) is 8.43. The molecule has 6 nitrogen and oxygen atoms in total. The number of nitrogens with zero attached hydrogens (tertiary/aromatic N) is 2. The summed E-state index contributed by atoms with van der Waals surface area (Å²) < 4.78 is 11.0. The van der Waals surface area contributed by atoms with Gasteiger partial charge in [-0.3, -0.25) is 4.98 Å². The van der Waals surface area contributed by atoms with Crippen LogP contribution in [0.15, 0.2) is 29.4 Å². The van der Waals surface area contributed by atoms with Gasteiger partial charge in [-0.2, -0.15) is 0 Å². The van der Waals surface area contributed by atoms with E-state index in [-0.39, 0.29) is 0 Å². The third kappa shape index (κ3) is 7.43. The molecule has 6 heteroatoms. The highest BCUT2D eigenvalue weighted by Crippen LogP contribution is 2.12. The van der Waals surface area contributed by atoms with Crippen LogP contribution in [0.2, 0.25) is 0 Å². The maximum atomic E-state index is 5.70. The van der Waals surface area contributed by atoms with E-state index >= 15 is 0 Å². The molecule has 1 unspecified atom stereocenters. The molecule has 23 heavy (non-hydrogen) atoms. The molecule has 0 saturated carbocycles. The van der Waals surface area contributed by atoms with Crippen LogP contribution in [0.1, 0.15) is 25.5 Å². The van der Waals surface area contributed by atoms with E-state index in [1.54, 1.807) is 6.20 Å². The topological polar surface area (TPSA) is 67.8 Å². The van der Waals surface area contributed by atoms with E-state index in [4.69, 9.17) is 9.47 Å². The van der Waals surface area contributed by atoms with Crippen molar-refractivity contribution in [2.75, 3.05) is 39.5 Å². The Balaban J connectivity index is 1.59. The predicted molar refractivity (Wildman–Crippen MR) is 91.4 cm³/mol. The first-order valence-electron chi connectivity index (χ1n) is 8.46. The summed E-state index contributed by atoms with van der Waals surface area (Å²) in [6.45, 7) is 7.63. The molecule has 1 aromatic heterocycles. The van der Waals surface area contributed by atoms with E-state index in [0.717, 1.165) is 64.0 Å². The Hall–Kier alpha value is -1.66. The van der Waals surface area contributed by atoms with Crippen molar-refractivity contribution in [2.45, 2.75) is 26.3 Å². The van der Waals surface area contributed by atoms with Gasteiger partial charge in [0.25, 0.3) is 0 Å². The average Bonchev–Trinajstić information content (AvgIpc) is 3.10. The van der Waals surface area contributed by atoms with Gasteiger partial charge in [-0.05, 0) is 31.9 Å². The number of hydrogen-bond acceptors (Lipinski definition) is 4. The molecule has 2 heterocycles. The largest absolute Gasteiger partial charge is 0.381 e. The first-order chi connectivity index (χ1) is 11.4. The van der Waals surface area contributed by atoms with Crippen LogP contribution in [0.5, 0.6) is 0 Å². The quantitative estimate of drug-likeness (QED) is 0.411. The second-order valence-corrected chi connectivity index (χ2v) is 5.60. The Labute approximate surface area is 138 Å². The van der Waals surface area contributed by atoms with Gasteiger partial charge in [0.05, 0.1) is 25.5 Å². The Bertz CT molecular complexity index is 447. The molecule has 128 valence electrons. The first-order valence-corrected chi connectivity index (χ1v) is 8.46. The van der Waals surface area contributed by atoms with Gasteiger partial charge in [0.2, 0.25) is 0 Å². The van der Waals surface area contributed by atoms with E-state index in [0.29, 0.717) is 12.5 Å². The maximum absolute atomic E-state index is 5.70. The number of aromatic nitrogens is 1. The lowest BCUT2D eigenvalue weighted by Crippen LogP contribution is -2.38. The molecule has 1 aliphatic rings. The number of ether oxygens (including phenoxy) is 2. The number of hydrogen-bond donors (Lipinski definition) is 2. The zero-order valence-electron chi connectivity index (χ0n) is 14.0. The lowest BCUT2D eigenvalue weighted by atomic mass is 10.1. The molecule has 2 N–H and O–H groups in total. The Morgan fingerprint density at radius 3 is 3.13 bits per heavy atom. The van der Waals surface area contributed by atoms with Crippen LogP contribution in [0.4, 0.5) is 0 Å². The second-order valence-electron chi connectivity index (χ2n) is 5.60. The molecule has 0 radical (unpaired) electrons. The summed E-state index contributed by atoms with van der Waals surface area (Å²) in [7, 11) is 0. The Morgan fingerprint density at radius 2 is 2.39 bits per heavy atom. The molecule has 1 aromatic rings. The van der Waals surface area contributed by atoms with E-state index in [1.165, 1.54) is 0 Å². The van der Waals surface area contributed by atoms with Crippen molar-refractivity contribution in [3.63, 3.8) is 0 Å². The minimum atomic E-state index is 0.578. The fourth-order valence-corrected chi connectivity index (χ4v) is 2.34. The van der Waals surface area contributed by atoms with Gasteiger partial charge in [-0.25, -0.2) is 4.99 Å². The number of pyridine rings is 1. The third-order valence-electron chi connectivity index (χ3n) is 3.60. The van der Waals surface area contributed by atoms with Gasteiger partial charge in [0.1, 0.15) is 0 Å². The van der Waals surface area contributed by atoms with Gasteiger partial charge in [0, 0.05) is 38.4 Å². The molecular weight excluding hydrogens is 292 g/mol. The van der Waals surface area contributed by atoms with Gasteiger partial charge in [-0.15, -0.1) is 0 Å². The van der Waals surface area contributed by atoms with Crippen molar-refractivity contribution in [1.29, 1.82) is 0 Å². The predicted octanol–water partition coefficient (Wildman–Crippen LogP) is 1.58. The van der Waals surface area contributed by atoms with Crippen molar-refractivity contribution < 1.29 is 9.47 Å². The zero-order chi connectivity index (χ0) is 16.2. The molecule has 0 aliphatic carbocycles. The highest BCUT2D eigenvalue weighted by atomic mass is 16.5. The van der Waals surface area contributed by atoms with Crippen LogP contribution in [-0.4, -0.2) is 50.5 Å². The van der Waals surface area contributed by atoms with Crippen molar-refractivity contribution in [2.24, 2.45) is 10.9 Å². The number of nitrogens with one attached hydrogen (secondary N) is 2. The van der Waals surface area contributed by atoms with E-state index in [1.807, 2.05) is 18.2 Å². The highest BCUT2D eigenvalue weighted by molar-refractivity contribution is 5.79. The molecular formula is C17H28N4O2. The minimum absolute atomic E-state index is 0.578. The van der Waals surface area contributed by atoms with Crippen LogP contribution in [0.25, 0.3) is 0 Å². The summed E-state index contributed by atoms with van der Waals surface area (Å²) >= 11 is 0. The highest BCUT2D eigenvalue weighted by Gasteiger charge is 2.15. The molecule has 0 spiro atoms. The standard InChI is InChI=1S/C17H28N4O2/c1-2-18-17(21-12-16-6-3-4-8-19-16)20-9-5-10-22-13-15-7-11-23-14-15/h3-4,6,8,15H,2,5,7,9-14H2,1H3,(H2,18,20,21). The summed E-state index contributed by atoms with van der Waals surface area (Å²) in [4.78, 5) is 8.82.